The summed E-state index contributed by atoms with van der Waals surface area (Å²) in [5, 5.41) is 9.41. The molecule has 0 bridgehead atoms. The van der Waals surface area contributed by atoms with E-state index < -0.39 is 11.5 Å². The minimum Gasteiger partial charge on any atom is -0.480 e. The van der Waals surface area contributed by atoms with Crippen molar-refractivity contribution in [3.63, 3.8) is 0 Å². The van der Waals surface area contributed by atoms with Gasteiger partial charge in [0.05, 0.1) is 0 Å². The van der Waals surface area contributed by atoms with Crippen LogP contribution in [0.3, 0.4) is 0 Å². The molecule has 15 heavy (non-hydrogen) atoms. The molecular weight excluding hydrogens is 190 g/mol. The van der Waals surface area contributed by atoms with E-state index in [1.54, 1.807) is 0 Å². The first-order chi connectivity index (χ1) is 7.03. The molecule has 1 N–H and O–H groups in total. The average Bonchev–Trinajstić information content (AvgIpc) is 2.49. The molecule has 1 aliphatic rings. The third-order valence-corrected chi connectivity index (χ3v) is 3.15. The summed E-state index contributed by atoms with van der Waals surface area (Å²) in [6, 6.07) is 0. The molecule has 0 radical (unpaired) electrons. The lowest BCUT2D eigenvalue weighted by Gasteiger charge is -2.34. The van der Waals surface area contributed by atoms with Crippen LogP contribution in [0.25, 0.3) is 0 Å². The second-order valence-electron chi connectivity index (χ2n) is 4.57. The van der Waals surface area contributed by atoms with Crippen molar-refractivity contribution in [3.05, 3.63) is 12.2 Å². The molecule has 86 valence electrons. The summed E-state index contributed by atoms with van der Waals surface area (Å²) >= 11 is 0. The van der Waals surface area contributed by atoms with E-state index in [2.05, 4.69) is 11.5 Å². The molecule has 0 aromatic rings. The Kier molecular flexibility index (Phi) is 3.91. The molecule has 0 aromatic carbocycles. The van der Waals surface area contributed by atoms with Gasteiger partial charge in [0.25, 0.3) is 0 Å². The van der Waals surface area contributed by atoms with Crippen LogP contribution in [-0.4, -0.2) is 34.6 Å². The normalized spacial score (nSPS) is 26.8. The number of likely N-dealkylation sites (tertiary alicyclic amines) is 1. The first-order valence-corrected chi connectivity index (χ1v) is 5.66. The Bertz CT molecular complexity index is 262. The molecule has 1 saturated heterocycles. The summed E-state index contributed by atoms with van der Waals surface area (Å²) < 4.78 is 0. The fourth-order valence-electron chi connectivity index (χ4n) is 2.54. The number of carboxylic acids is 1. The van der Waals surface area contributed by atoms with Crippen LogP contribution in [-0.2, 0) is 4.79 Å². The molecular formula is C12H21NO2. The van der Waals surface area contributed by atoms with Crippen molar-refractivity contribution in [1.29, 1.82) is 0 Å². The molecule has 1 unspecified atom stereocenters. The highest BCUT2D eigenvalue weighted by molar-refractivity contribution is 5.79. The summed E-state index contributed by atoms with van der Waals surface area (Å²) in [6.07, 6.45) is 3.43. The Labute approximate surface area is 91.8 Å². The predicted molar refractivity (Wildman–Crippen MR) is 60.9 cm³/mol. The van der Waals surface area contributed by atoms with Gasteiger partial charge >= 0.3 is 5.97 Å². The molecule has 1 heterocycles. The topological polar surface area (TPSA) is 40.5 Å². The van der Waals surface area contributed by atoms with Crippen molar-refractivity contribution in [2.75, 3.05) is 13.1 Å². The maximum Gasteiger partial charge on any atom is 0.324 e. The highest BCUT2D eigenvalue weighted by Gasteiger charge is 2.46. The number of hydrogen-bond donors (Lipinski definition) is 1. The number of aliphatic carboxylic acids is 1. The Morgan fingerprint density at radius 1 is 1.60 bits per heavy atom. The maximum atomic E-state index is 11.4. The summed E-state index contributed by atoms with van der Waals surface area (Å²) in [4.78, 5) is 13.5. The van der Waals surface area contributed by atoms with Gasteiger partial charge in [-0.3, -0.25) is 9.69 Å². The van der Waals surface area contributed by atoms with E-state index in [0.717, 1.165) is 37.8 Å². The van der Waals surface area contributed by atoms with Gasteiger partial charge in [-0.2, -0.15) is 0 Å². The van der Waals surface area contributed by atoms with Gasteiger partial charge in [-0.05, 0) is 32.7 Å². The summed E-state index contributed by atoms with van der Waals surface area (Å²) in [7, 11) is 0. The molecule has 1 aliphatic heterocycles. The minimum absolute atomic E-state index is 0.617. The van der Waals surface area contributed by atoms with Gasteiger partial charge in [0.1, 0.15) is 5.54 Å². The van der Waals surface area contributed by atoms with Crippen LogP contribution in [0, 0.1) is 0 Å². The third kappa shape index (κ3) is 2.40. The number of carbonyl (C=O) groups is 1. The van der Waals surface area contributed by atoms with Gasteiger partial charge in [0.15, 0.2) is 0 Å². The molecule has 3 heteroatoms. The van der Waals surface area contributed by atoms with Crippen molar-refractivity contribution >= 4 is 5.97 Å². The zero-order valence-corrected chi connectivity index (χ0v) is 9.75. The van der Waals surface area contributed by atoms with Crippen LogP contribution in [0.15, 0.2) is 12.2 Å². The van der Waals surface area contributed by atoms with Gasteiger partial charge in [-0.15, -0.1) is 0 Å². The van der Waals surface area contributed by atoms with Crippen LogP contribution < -0.4 is 0 Å². The number of hydrogen-bond acceptors (Lipinski definition) is 2. The molecule has 0 saturated carbocycles. The van der Waals surface area contributed by atoms with Crippen molar-refractivity contribution in [2.45, 2.75) is 45.1 Å². The SMILES string of the molecule is C=C(C)CN1CCCC1(CCC)C(=O)O. The fraction of sp³-hybridized carbons (Fsp3) is 0.750. The standard InChI is InChI=1S/C12H21NO2/c1-4-6-12(11(14)15)7-5-8-13(12)9-10(2)3/h2,4-9H2,1,3H3,(H,14,15). The van der Waals surface area contributed by atoms with Gasteiger partial charge < -0.3 is 5.11 Å². The smallest absolute Gasteiger partial charge is 0.324 e. The molecule has 0 aromatic heterocycles. The number of carboxylic acid groups (broad SMARTS) is 1. The fourth-order valence-corrected chi connectivity index (χ4v) is 2.54. The lowest BCUT2D eigenvalue weighted by atomic mass is 9.90. The molecule has 3 nitrogen and oxygen atoms in total. The van der Waals surface area contributed by atoms with E-state index in [0.29, 0.717) is 6.54 Å². The lowest BCUT2D eigenvalue weighted by molar-refractivity contribution is -0.150. The summed E-state index contributed by atoms with van der Waals surface area (Å²) in [6.45, 7) is 9.47. The van der Waals surface area contributed by atoms with E-state index in [1.165, 1.54) is 0 Å². The maximum absolute atomic E-state index is 11.4. The Morgan fingerprint density at radius 2 is 2.27 bits per heavy atom. The van der Waals surface area contributed by atoms with Gasteiger partial charge in [0, 0.05) is 6.54 Å². The minimum atomic E-state index is -0.664. The van der Waals surface area contributed by atoms with E-state index >= 15 is 0 Å². The van der Waals surface area contributed by atoms with Crippen LogP contribution in [0.5, 0.6) is 0 Å². The summed E-state index contributed by atoms with van der Waals surface area (Å²) in [5.74, 6) is -0.664. The molecule has 0 amide bonds. The molecule has 0 spiro atoms. The van der Waals surface area contributed by atoms with E-state index in [1.807, 2.05) is 13.8 Å². The first-order valence-electron chi connectivity index (χ1n) is 5.66. The van der Waals surface area contributed by atoms with Crippen molar-refractivity contribution in [2.24, 2.45) is 0 Å². The monoisotopic (exact) mass is 211 g/mol. The molecule has 1 rings (SSSR count). The summed E-state index contributed by atoms with van der Waals surface area (Å²) in [5.41, 5.74) is 0.423. The van der Waals surface area contributed by atoms with Crippen LogP contribution in [0.4, 0.5) is 0 Å². The van der Waals surface area contributed by atoms with E-state index in [9.17, 15) is 9.90 Å². The van der Waals surface area contributed by atoms with Gasteiger partial charge in [0.2, 0.25) is 0 Å². The lowest BCUT2D eigenvalue weighted by Crippen LogP contribution is -2.50. The number of rotatable bonds is 5. The molecule has 1 fully saturated rings. The third-order valence-electron chi connectivity index (χ3n) is 3.15. The van der Waals surface area contributed by atoms with E-state index in [-0.39, 0.29) is 0 Å². The van der Waals surface area contributed by atoms with Gasteiger partial charge in [-0.25, -0.2) is 0 Å². The number of nitrogens with zero attached hydrogens (tertiary/aromatic N) is 1. The predicted octanol–water partition coefficient (Wildman–Crippen LogP) is 2.28. The molecule has 1 atom stereocenters. The van der Waals surface area contributed by atoms with Crippen molar-refractivity contribution in [3.8, 4) is 0 Å². The largest absolute Gasteiger partial charge is 0.480 e. The Morgan fingerprint density at radius 3 is 2.73 bits per heavy atom. The van der Waals surface area contributed by atoms with Crippen LogP contribution in [0.2, 0.25) is 0 Å². The Hall–Kier alpha value is -0.830. The van der Waals surface area contributed by atoms with Gasteiger partial charge in [-0.1, -0.05) is 25.5 Å². The van der Waals surface area contributed by atoms with Crippen LogP contribution in [0.1, 0.15) is 39.5 Å². The second kappa shape index (κ2) is 4.79. The first kappa shape index (κ1) is 12.2. The van der Waals surface area contributed by atoms with Crippen molar-refractivity contribution in [1.82, 2.24) is 4.90 Å². The quantitative estimate of drug-likeness (QED) is 0.709. The highest BCUT2D eigenvalue weighted by atomic mass is 16.4. The molecule has 0 aliphatic carbocycles. The second-order valence-corrected chi connectivity index (χ2v) is 4.57. The van der Waals surface area contributed by atoms with Crippen LogP contribution >= 0.6 is 0 Å². The highest BCUT2D eigenvalue weighted by Crippen LogP contribution is 2.34. The Balaban J connectivity index is 2.84. The zero-order valence-electron chi connectivity index (χ0n) is 9.75. The average molecular weight is 211 g/mol. The zero-order chi connectivity index (χ0) is 11.5. The van der Waals surface area contributed by atoms with Crippen molar-refractivity contribution < 1.29 is 9.90 Å². The van der Waals surface area contributed by atoms with E-state index in [4.69, 9.17) is 0 Å².